The van der Waals surface area contributed by atoms with Crippen LogP contribution in [0.4, 0.5) is 0 Å². The van der Waals surface area contributed by atoms with Gasteiger partial charge < -0.3 is 15.3 Å². The predicted octanol–water partition coefficient (Wildman–Crippen LogP) is 1.38. The lowest BCUT2D eigenvalue weighted by atomic mass is 10.1. The maximum absolute atomic E-state index is 11.9. The van der Waals surface area contributed by atoms with Crippen LogP contribution in [-0.4, -0.2) is 77.4 Å². The van der Waals surface area contributed by atoms with Gasteiger partial charge in [-0.05, 0) is 12.0 Å². The largest absolute Gasteiger partial charge is 0.498 e. The topological polar surface area (TPSA) is 85.8 Å². The summed E-state index contributed by atoms with van der Waals surface area (Å²) in [6.07, 6.45) is 0.963. The maximum atomic E-state index is 11.9. The zero-order valence-electron chi connectivity index (χ0n) is 16.1. The van der Waals surface area contributed by atoms with E-state index in [2.05, 4.69) is 32.2 Å². The number of nitrogens with zero attached hydrogens (tertiary/aromatic N) is 3. The van der Waals surface area contributed by atoms with E-state index in [1.165, 1.54) is 23.8 Å². The number of hydrogen-bond donors (Lipinski definition) is 2. The van der Waals surface area contributed by atoms with E-state index in [0.717, 1.165) is 44.7 Å². The summed E-state index contributed by atoms with van der Waals surface area (Å²) in [5.41, 5.74) is 4.47. The van der Waals surface area contributed by atoms with Crippen LogP contribution in [0.1, 0.15) is 12.5 Å². The van der Waals surface area contributed by atoms with Gasteiger partial charge in [0, 0.05) is 45.2 Å². The van der Waals surface area contributed by atoms with E-state index < -0.39 is 0 Å². The lowest BCUT2D eigenvalue weighted by Gasteiger charge is -2.34. The zero-order chi connectivity index (χ0) is 19.9. The van der Waals surface area contributed by atoms with Crippen molar-refractivity contribution in [2.45, 2.75) is 13.3 Å². The monoisotopic (exact) mass is 402 g/mol. The van der Waals surface area contributed by atoms with Gasteiger partial charge in [0.05, 0.1) is 18.6 Å². The molecule has 1 fully saturated rings. The average Bonchev–Trinajstić information content (AvgIpc) is 3.12. The number of thiazole rings is 1. The zero-order valence-corrected chi connectivity index (χ0v) is 16.9. The number of aromatic nitrogens is 1. The number of piperazine rings is 1. The van der Waals surface area contributed by atoms with Crippen LogP contribution in [0.2, 0.25) is 0 Å². The molecule has 8 heteroatoms. The second-order valence-corrected chi connectivity index (χ2v) is 7.85. The molecule has 7 nitrogen and oxygen atoms in total. The number of rotatable bonds is 8. The predicted molar refractivity (Wildman–Crippen MR) is 109 cm³/mol. The molecule has 2 heterocycles. The van der Waals surface area contributed by atoms with Crippen LogP contribution in [0.3, 0.4) is 0 Å². The molecule has 150 valence electrons. The number of carbonyl (C=O) groups excluding carboxylic acids is 2. The molecular formula is C20H26N4O3S. The lowest BCUT2D eigenvalue weighted by molar-refractivity contribution is -0.124. The molecule has 1 amide bonds. The van der Waals surface area contributed by atoms with Gasteiger partial charge in [-0.1, -0.05) is 35.6 Å². The number of aromatic hydroxyl groups is 1. The molecule has 1 aromatic heterocycles. The lowest BCUT2D eigenvalue weighted by Crippen LogP contribution is -2.49. The maximum Gasteiger partial charge on any atom is 0.217 e. The minimum absolute atomic E-state index is 0.0508. The molecule has 0 bridgehead atoms. The third-order valence-electron chi connectivity index (χ3n) is 4.89. The van der Waals surface area contributed by atoms with E-state index in [-0.39, 0.29) is 23.3 Å². The van der Waals surface area contributed by atoms with Crippen LogP contribution in [0.25, 0.3) is 11.3 Å². The summed E-state index contributed by atoms with van der Waals surface area (Å²) in [5, 5.41) is 12.6. The molecular weight excluding hydrogens is 376 g/mol. The molecule has 1 saturated heterocycles. The van der Waals surface area contributed by atoms with E-state index in [1.807, 2.05) is 12.1 Å². The van der Waals surface area contributed by atoms with Gasteiger partial charge >= 0.3 is 0 Å². The highest BCUT2D eigenvalue weighted by Gasteiger charge is 2.18. The Morgan fingerprint density at radius 3 is 2.43 bits per heavy atom. The van der Waals surface area contributed by atoms with Crippen molar-refractivity contribution >= 4 is 23.0 Å². The molecule has 0 unspecified atom stereocenters. The SMILES string of the molecule is CC(=O)NCC(=O)CN1CCN(CCc2ccc(-c3ncsc3O)cc2)CC1. The number of Topliss-reactive ketones (excluding diaryl/α,β-unsaturated/α-hetero) is 1. The van der Waals surface area contributed by atoms with Crippen LogP contribution >= 0.6 is 11.3 Å². The summed E-state index contributed by atoms with van der Waals surface area (Å²) in [7, 11) is 0. The molecule has 1 aromatic carbocycles. The van der Waals surface area contributed by atoms with E-state index in [4.69, 9.17) is 0 Å². The molecule has 28 heavy (non-hydrogen) atoms. The third kappa shape index (κ3) is 5.85. The molecule has 2 aromatic rings. The molecule has 0 atom stereocenters. The summed E-state index contributed by atoms with van der Waals surface area (Å²) >= 11 is 1.23. The van der Waals surface area contributed by atoms with Gasteiger partial charge in [0.2, 0.25) is 5.91 Å². The number of amides is 1. The first-order chi connectivity index (χ1) is 13.5. The third-order valence-corrected chi connectivity index (χ3v) is 5.52. The summed E-state index contributed by atoms with van der Waals surface area (Å²) in [4.78, 5) is 31.5. The summed E-state index contributed by atoms with van der Waals surface area (Å²) < 4.78 is 0. The summed E-state index contributed by atoms with van der Waals surface area (Å²) in [6, 6.07) is 8.18. The van der Waals surface area contributed by atoms with Gasteiger partial charge in [-0.15, -0.1) is 0 Å². The second kappa shape index (κ2) is 9.77. The van der Waals surface area contributed by atoms with Crippen molar-refractivity contribution in [3.63, 3.8) is 0 Å². The smallest absolute Gasteiger partial charge is 0.217 e. The molecule has 0 radical (unpaired) electrons. The van der Waals surface area contributed by atoms with Gasteiger partial charge in [0.15, 0.2) is 10.8 Å². The molecule has 0 spiro atoms. The first-order valence-electron chi connectivity index (χ1n) is 9.44. The van der Waals surface area contributed by atoms with Crippen LogP contribution in [0.5, 0.6) is 5.06 Å². The Labute approximate surface area is 169 Å². The Balaban J connectivity index is 1.39. The van der Waals surface area contributed by atoms with Gasteiger partial charge in [0.1, 0.15) is 5.69 Å². The highest BCUT2D eigenvalue weighted by atomic mass is 32.1. The summed E-state index contributed by atoms with van der Waals surface area (Å²) in [5.74, 6) is -0.121. The Kier molecular flexibility index (Phi) is 7.13. The minimum atomic E-state index is -0.172. The number of hydrogen-bond acceptors (Lipinski definition) is 7. The van der Waals surface area contributed by atoms with Gasteiger partial charge in [-0.25, -0.2) is 4.98 Å². The van der Waals surface area contributed by atoms with Crippen LogP contribution in [-0.2, 0) is 16.0 Å². The molecule has 0 aliphatic carbocycles. The average molecular weight is 403 g/mol. The Hall–Kier alpha value is -2.29. The van der Waals surface area contributed by atoms with E-state index in [1.54, 1.807) is 5.51 Å². The molecule has 3 rings (SSSR count). The van der Waals surface area contributed by atoms with Crippen molar-refractivity contribution < 1.29 is 14.7 Å². The highest BCUT2D eigenvalue weighted by Crippen LogP contribution is 2.31. The molecule has 1 aliphatic heterocycles. The van der Waals surface area contributed by atoms with Crippen LogP contribution < -0.4 is 5.32 Å². The minimum Gasteiger partial charge on any atom is -0.498 e. The molecule has 1 aliphatic rings. The fraction of sp³-hybridized carbons (Fsp3) is 0.450. The van der Waals surface area contributed by atoms with E-state index >= 15 is 0 Å². The molecule has 2 N–H and O–H groups in total. The van der Waals surface area contributed by atoms with Crippen molar-refractivity contribution in [1.82, 2.24) is 20.1 Å². The van der Waals surface area contributed by atoms with Crippen LogP contribution in [0.15, 0.2) is 29.8 Å². The first-order valence-corrected chi connectivity index (χ1v) is 10.3. The van der Waals surface area contributed by atoms with Gasteiger partial charge in [0.25, 0.3) is 0 Å². The van der Waals surface area contributed by atoms with E-state index in [0.29, 0.717) is 12.2 Å². The Bertz CT molecular complexity index is 798. The standard InChI is InChI=1S/C20H26N4O3S/c1-15(25)21-12-18(26)13-24-10-8-23(9-11-24)7-6-16-2-4-17(5-3-16)19-20(27)28-14-22-19/h2-5,14,27H,6-13H2,1H3,(H,21,25). The molecule has 0 saturated carbocycles. The van der Waals surface area contributed by atoms with Crippen molar-refractivity contribution in [2.75, 3.05) is 45.8 Å². The summed E-state index contributed by atoms with van der Waals surface area (Å²) in [6.45, 7) is 6.54. The Morgan fingerprint density at radius 1 is 1.14 bits per heavy atom. The number of ketones is 1. The fourth-order valence-electron chi connectivity index (χ4n) is 3.25. The van der Waals surface area contributed by atoms with Crippen LogP contribution in [0, 0.1) is 0 Å². The highest BCUT2D eigenvalue weighted by molar-refractivity contribution is 7.11. The first kappa shape index (κ1) is 20.4. The van der Waals surface area contributed by atoms with E-state index in [9.17, 15) is 14.7 Å². The quantitative estimate of drug-likeness (QED) is 0.694. The number of benzene rings is 1. The number of carbonyl (C=O) groups is 2. The van der Waals surface area contributed by atoms with Crippen molar-refractivity contribution in [1.29, 1.82) is 0 Å². The van der Waals surface area contributed by atoms with Crippen molar-refractivity contribution in [3.8, 4) is 16.3 Å². The fourth-order valence-corrected chi connectivity index (χ4v) is 3.79. The van der Waals surface area contributed by atoms with Gasteiger partial charge in [-0.3, -0.25) is 14.5 Å². The van der Waals surface area contributed by atoms with Crippen molar-refractivity contribution in [2.24, 2.45) is 0 Å². The Morgan fingerprint density at radius 2 is 1.82 bits per heavy atom. The second-order valence-electron chi connectivity index (χ2n) is 7.02. The number of nitrogens with one attached hydrogen (secondary N) is 1. The van der Waals surface area contributed by atoms with Gasteiger partial charge in [-0.2, -0.15) is 0 Å². The normalized spacial score (nSPS) is 15.5. The van der Waals surface area contributed by atoms with Crippen molar-refractivity contribution in [3.05, 3.63) is 35.3 Å².